The first kappa shape index (κ1) is 15.8. The maximum Gasteiger partial charge on any atom is 0.222 e. The van der Waals surface area contributed by atoms with Crippen molar-refractivity contribution in [2.45, 2.75) is 44.9 Å². The third kappa shape index (κ3) is 2.77. The van der Waals surface area contributed by atoms with Crippen molar-refractivity contribution >= 4 is 11.7 Å². The highest BCUT2D eigenvalue weighted by molar-refractivity contribution is 5.77. The van der Waals surface area contributed by atoms with E-state index in [-0.39, 0.29) is 17.9 Å². The van der Waals surface area contributed by atoms with E-state index in [1.807, 2.05) is 4.90 Å². The minimum atomic E-state index is 0.0466. The zero-order valence-corrected chi connectivity index (χ0v) is 14.2. The quantitative estimate of drug-likeness (QED) is 0.901. The van der Waals surface area contributed by atoms with Crippen LogP contribution in [0.3, 0.4) is 0 Å². The van der Waals surface area contributed by atoms with Crippen LogP contribution in [0.1, 0.15) is 43.4 Å². The lowest BCUT2D eigenvalue weighted by atomic mass is 9.73. The summed E-state index contributed by atoms with van der Waals surface area (Å²) in [5, 5.41) is 9.24. The molecule has 1 aliphatic carbocycles. The molecule has 1 N–H and O–H groups in total. The number of β-amino-alcohol motifs (C(OH)–C–C–N with tert-alkyl or cyclic N) is 1. The molecule has 6 heteroatoms. The summed E-state index contributed by atoms with van der Waals surface area (Å²) in [7, 11) is 0. The van der Waals surface area contributed by atoms with Gasteiger partial charge in [0, 0.05) is 49.3 Å². The maximum absolute atomic E-state index is 12.1. The number of nitrogens with zero attached hydrogens (tertiary/aromatic N) is 4. The van der Waals surface area contributed by atoms with Gasteiger partial charge in [0.15, 0.2) is 0 Å². The Hall–Kier alpha value is -1.69. The van der Waals surface area contributed by atoms with Crippen LogP contribution < -0.4 is 4.90 Å². The van der Waals surface area contributed by atoms with Gasteiger partial charge in [-0.15, -0.1) is 0 Å². The number of hydrogen-bond donors (Lipinski definition) is 1. The van der Waals surface area contributed by atoms with Crippen LogP contribution in [0.2, 0.25) is 0 Å². The molecule has 130 valence electrons. The van der Waals surface area contributed by atoms with Gasteiger partial charge in [-0.25, -0.2) is 9.97 Å². The molecule has 2 fully saturated rings. The minimum absolute atomic E-state index is 0.0466. The van der Waals surface area contributed by atoms with Gasteiger partial charge in [0.25, 0.3) is 0 Å². The molecule has 4 rings (SSSR count). The summed E-state index contributed by atoms with van der Waals surface area (Å²) < 4.78 is 0. The first-order chi connectivity index (χ1) is 11.7. The van der Waals surface area contributed by atoms with Crippen LogP contribution in [-0.2, 0) is 17.6 Å². The number of likely N-dealkylation sites (tertiary alicyclic amines) is 1. The van der Waals surface area contributed by atoms with E-state index in [2.05, 4.69) is 14.9 Å². The Morgan fingerprint density at radius 2 is 2.04 bits per heavy atom. The number of piperidine rings is 2. The Kier molecular flexibility index (Phi) is 4.16. The van der Waals surface area contributed by atoms with Crippen LogP contribution in [0.25, 0.3) is 0 Å². The van der Waals surface area contributed by atoms with Crippen LogP contribution in [0.15, 0.2) is 6.33 Å². The molecule has 3 heterocycles. The summed E-state index contributed by atoms with van der Waals surface area (Å²) in [5.41, 5.74) is 2.71. The molecule has 3 aliphatic rings. The second kappa shape index (κ2) is 6.31. The van der Waals surface area contributed by atoms with E-state index in [9.17, 15) is 9.90 Å². The highest BCUT2D eigenvalue weighted by Crippen LogP contribution is 2.41. The largest absolute Gasteiger partial charge is 0.395 e. The first-order valence-corrected chi connectivity index (χ1v) is 9.17. The molecule has 1 aromatic heterocycles. The molecule has 0 aromatic carbocycles. The van der Waals surface area contributed by atoms with Crippen LogP contribution >= 0.6 is 0 Å². The Labute approximate surface area is 142 Å². The summed E-state index contributed by atoms with van der Waals surface area (Å²) in [4.78, 5) is 25.5. The summed E-state index contributed by atoms with van der Waals surface area (Å²) >= 11 is 0. The van der Waals surface area contributed by atoms with Gasteiger partial charge in [-0.2, -0.15) is 0 Å². The van der Waals surface area contributed by atoms with Crippen molar-refractivity contribution < 1.29 is 9.90 Å². The maximum atomic E-state index is 12.1. The second-order valence-electron chi connectivity index (χ2n) is 7.54. The lowest BCUT2D eigenvalue weighted by molar-refractivity contribution is -0.138. The Bertz CT molecular complexity index is 635. The van der Waals surface area contributed by atoms with E-state index in [1.165, 1.54) is 17.7 Å². The lowest BCUT2D eigenvalue weighted by Gasteiger charge is -2.48. The highest BCUT2D eigenvalue weighted by Gasteiger charge is 2.42. The first-order valence-electron chi connectivity index (χ1n) is 9.17. The molecule has 0 radical (unpaired) electrons. The summed E-state index contributed by atoms with van der Waals surface area (Å²) in [6.45, 7) is 3.29. The van der Waals surface area contributed by atoms with Crippen LogP contribution in [0.5, 0.6) is 0 Å². The van der Waals surface area contributed by atoms with Gasteiger partial charge in [-0.05, 0) is 38.5 Å². The smallest absolute Gasteiger partial charge is 0.222 e. The normalized spacial score (nSPS) is 27.0. The Morgan fingerprint density at radius 1 is 1.12 bits per heavy atom. The average Bonchev–Trinajstić information content (AvgIpc) is 3.07. The van der Waals surface area contributed by atoms with E-state index < -0.39 is 0 Å². The summed E-state index contributed by atoms with van der Waals surface area (Å²) in [6.07, 6.45) is 8.91. The number of rotatable bonds is 3. The van der Waals surface area contributed by atoms with E-state index in [0.29, 0.717) is 13.0 Å². The van der Waals surface area contributed by atoms with Crippen LogP contribution in [0.4, 0.5) is 5.82 Å². The van der Waals surface area contributed by atoms with Gasteiger partial charge >= 0.3 is 0 Å². The van der Waals surface area contributed by atoms with Crippen molar-refractivity contribution in [3.63, 3.8) is 0 Å². The van der Waals surface area contributed by atoms with Gasteiger partial charge in [0.05, 0.1) is 6.61 Å². The number of fused-ring (bicyclic) bond motifs is 1. The van der Waals surface area contributed by atoms with E-state index in [0.717, 1.165) is 57.6 Å². The number of amides is 1. The van der Waals surface area contributed by atoms with Crippen molar-refractivity contribution in [3.05, 3.63) is 17.6 Å². The van der Waals surface area contributed by atoms with Crippen LogP contribution in [-0.4, -0.2) is 58.7 Å². The molecular weight excluding hydrogens is 304 g/mol. The summed E-state index contributed by atoms with van der Waals surface area (Å²) in [6, 6.07) is 0. The van der Waals surface area contributed by atoms with E-state index in [1.54, 1.807) is 6.33 Å². The fourth-order valence-electron chi connectivity index (χ4n) is 4.76. The fraction of sp³-hybridized carbons (Fsp3) is 0.722. The van der Waals surface area contributed by atoms with Crippen molar-refractivity contribution in [3.8, 4) is 0 Å². The number of carbonyl (C=O) groups excluding carboxylic acids is 1. The fourth-order valence-corrected chi connectivity index (χ4v) is 4.76. The molecule has 1 atom stereocenters. The van der Waals surface area contributed by atoms with Gasteiger partial charge in [0.2, 0.25) is 5.91 Å². The van der Waals surface area contributed by atoms with Crippen LogP contribution in [0, 0.1) is 5.41 Å². The number of carbonyl (C=O) groups is 1. The van der Waals surface area contributed by atoms with Gasteiger partial charge in [0.1, 0.15) is 12.1 Å². The predicted molar refractivity (Wildman–Crippen MR) is 90.8 cm³/mol. The zero-order chi connectivity index (χ0) is 16.6. The third-order valence-electron chi connectivity index (χ3n) is 5.93. The van der Waals surface area contributed by atoms with E-state index in [4.69, 9.17) is 0 Å². The number of aryl methyl sites for hydroxylation is 1. The van der Waals surface area contributed by atoms with Gasteiger partial charge in [-0.3, -0.25) is 4.79 Å². The van der Waals surface area contributed by atoms with Crippen molar-refractivity contribution in [2.75, 3.05) is 37.7 Å². The Balaban J connectivity index is 1.56. The minimum Gasteiger partial charge on any atom is -0.395 e. The third-order valence-corrected chi connectivity index (χ3v) is 5.93. The monoisotopic (exact) mass is 330 g/mol. The van der Waals surface area contributed by atoms with E-state index >= 15 is 0 Å². The molecule has 1 spiro atoms. The standard InChI is InChI=1S/C18H26N4O2/c23-10-9-21-11-18(7-5-16(21)24)6-2-8-22(12-18)17-14-3-1-4-15(14)19-13-20-17/h13,23H,1-12H2/t18-/m1/s1. The van der Waals surface area contributed by atoms with Crippen molar-refractivity contribution in [1.82, 2.24) is 14.9 Å². The number of aromatic nitrogens is 2. The number of aliphatic hydroxyl groups is 1. The topological polar surface area (TPSA) is 69.6 Å². The molecule has 2 aliphatic heterocycles. The molecular formula is C18H26N4O2. The molecule has 2 saturated heterocycles. The van der Waals surface area contributed by atoms with Gasteiger partial charge < -0.3 is 14.9 Å². The number of anilines is 1. The van der Waals surface area contributed by atoms with Gasteiger partial charge in [-0.1, -0.05) is 0 Å². The Morgan fingerprint density at radius 3 is 2.92 bits per heavy atom. The molecule has 1 aromatic rings. The van der Waals surface area contributed by atoms with Crippen molar-refractivity contribution in [1.29, 1.82) is 0 Å². The SMILES string of the molecule is O=C1CC[C@]2(CCCN(c3ncnc4c3CCC4)C2)CN1CCO. The molecule has 1 amide bonds. The molecule has 6 nitrogen and oxygen atoms in total. The number of aliphatic hydroxyl groups excluding tert-OH is 1. The average molecular weight is 330 g/mol. The second-order valence-corrected chi connectivity index (χ2v) is 7.54. The predicted octanol–water partition coefficient (Wildman–Crippen LogP) is 1.17. The molecule has 0 saturated carbocycles. The number of hydrogen-bond acceptors (Lipinski definition) is 5. The molecule has 0 bridgehead atoms. The highest BCUT2D eigenvalue weighted by atomic mass is 16.3. The molecule has 24 heavy (non-hydrogen) atoms. The zero-order valence-electron chi connectivity index (χ0n) is 14.2. The summed E-state index contributed by atoms with van der Waals surface area (Å²) in [5.74, 6) is 1.32. The lowest BCUT2D eigenvalue weighted by Crippen LogP contribution is -2.54. The van der Waals surface area contributed by atoms with Crippen molar-refractivity contribution in [2.24, 2.45) is 5.41 Å². The molecule has 0 unspecified atom stereocenters.